The zero-order valence-corrected chi connectivity index (χ0v) is 10.5. The number of phenols is 1. The highest BCUT2D eigenvalue weighted by molar-refractivity contribution is 5.31. The molecule has 1 aromatic carbocycles. The van der Waals surface area contributed by atoms with Gasteiger partial charge in [-0.25, -0.2) is 0 Å². The van der Waals surface area contributed by atoms with Crippen molar-refractivity contribution in [3.05, 3.63) is 41.7 Å². The van der Waals surface area contributed by atoms with Gasteiger partial charge in [0.05, 0.1) is 5.76 Å². The molecule has 1 atom stereocenters. The topological polar surface area (TPSA) is 40.5 Å². The maximum atomic E-state index is 9.43. The first-order chi connectivity index (χ1) is 8.00. The Hall–Kier alpha value is -1.44. The Morgan fingerprint density at radius 2 is 1.76 bits per heavy atom. The summed E-state index contributed by atoms with van der Waals surface area (Å²) in [5, 5.41) is 18.8. The normalized spacial score (nSPS) is 21.1. The van der Waals surface area contributed by atoms with Gasteiger partial charge in [-0.15, -0.1) is 0 Å². The molecule has 0 aliphatic heterocycles. The Morgan fingerprint density at radius 3 is 2.29 bits per heavy atom. The first kappa shape index (κ1) is 12.0. The summed E-state index contributed by atoms with van der Waals surface area (Å²) in [5.74, 6) is 1.39. The lowest BCUT2D eigenvalue weighted by Crippen LogP contribution is -2.29. The molecule has 0 fully saturated rings. The molecule has 1 aliphatic rings. The van der Waals surface area contributed by atoms with Crippen LogP contribution in [0.3, 0.4) is 0 Å². The Morgan fingerprint density at radius 1 is 1.12 bits per heavy atom. The van der Waals surface area contributed by atoms with Crippen molar-refractivity contribution in [2.24, 2.45) is 5.92 Å². The van der Waals surface area contributed by atoms with Crippen molar-refractivity contribution in [3.8, 4) is 5.75 Å². The number of phenolic OH excluding ortho intramolecular Hbond substituents is 1. The molecule has 0 heterocycles. The fourth-order valence-corrected chi connectivity index (χ4v) is 2.60. The number of rotatable bonds is 2. The van der Waals surface area contributed by atoms with Crippen LogP contribution in [0.15, 0.2) is 36.1 Å². The molecular weight excluding hydrogens is 212 g/mol. The Bertz CT molecular complexity index is 415. The van der Waals surface area contributed by atoms with E-state index in [1.807, 2.05) is 18.2 Å². The summed E-state index contributed by atoms with van der Waals surface area (Å²) in [4.78, 5) is 0. The van der Waals surface area contributed by atoms with Gasteiger partial charge in [0.15, 0.2) is 0 Å². The molecular formula is C15H20O2. The molecule has 0 spiro atoms. The number of aromatic hydroxyl groups is 1. The van der Waals surface area contributed by atoms with Crippen molar-refractivity contribution in [3.63, 3.8) is 0 Å². The fraction of sp³-hybridized carbons (Fsp3) is 0.467. The summed E-state index contributed by atoms with van der Waals surface area (Å²) in [6, 6.07) is 7.47. The molecule has 0 amide bonds. The Balaban J connectivity index is 2.21. The van der Waals surface area contributed by atoms with Gasteiger partial charge in [-0.2, -0.15) is 0 Å². The van der Waals surface area contributed by atoms with Crippen LogP contribution in [0.5, 0.6) is 5.75 Å². The van der Waals surface area contributed by atoms with Crippen LogP contribution in [0.2, 0.25) is 0 Å². The molecule has 0 saturated carbocycles. The number of aliphatic hydroxyl groups is 1. The molecule has 0 unspecified atom stereocenters. The quantitative estimate of drug-likeness (QED) is 0.811. The van der Waals surface area contributed by atoms with Crippen LogP contribution < -0.4 is 0 Å². The molecule has 1 aliphatic carbocycles. The predicted octanol–water partition coefficient (Wildman–Crippen LogP) is 3.91. The summed E-state index contributed by atoms with van der Waals surface area (Å²) >= 11 is 0. The van der Waals surface area contributed by atoms with Gasteiger partial charge >= 0.3 is 0 Å². The second-order valence-corrected chi connectivity index (χ2v) is 5.44. The maximum absolute atomic E-state index is 9.43. The van der Waals surface area contributed by atoms with Crippen LogP contribution in [0.25, 0.3) is 0 Å². The van der Waals surface area contributed by atoms with Gasteiger partial charge in [0.1, 0.15) is 5.75 Å². The maximum Gasteiger partial charge on any atom is 0.115 e. The van der Waals surface area contributed by atoms with E-state index in [0.717, 1.165) is 19.3 Å². The molecule has 0 radical (unpaired) electrons. The van der Waals surface area contributed by atoms with Crippen LogP contribution in [0.1, 0.15) is 38.7 Å². The van der Waals surface area contributed by atoms with E-state index in [0.29, 0.717) is 17.4 Å². The molecule has 92 valence electrons. The van der Waals surface area contributed by atoms with E-state index in [4.69, 9.17) is 0 Å². The number of allylic oxidation sites excluding steroid dienone is 2. The van der Waals surface area contributed by atoms with E-state index in [1.54, 1.807) is 12.1 Å². The van der Waals surface area contributed by atoms with Crippen LogP contribution in [0.4, 0.5) is 0 Å². The van der Waals surface area contributed by atoms with Crippen molar-refractivity contribution >= 4 is 0 Å². The van der Waals surface area contributed by atoms with Crippen molar-refractivity contribution < 1.29 is 10.2 Å². The van der Waals surface area contributed by atoms with Crippen LogP contribution in [0, 0.1) is 5.92 Å². The van der Waals surface area contributed by atoms with E-state index in [1.165, 1.54) is 5.56 Å². The van der Waals surface area contributed by atoms with Crippen molar-refractivity contribution in [2.45, 2.75) is 38.5 Å². The van der Waals surface area contributed by atoms with Crippen LogP contribution in [-0.2, 0) is 5.41 Å². The molecule has 2 N–H and O–H groups in total. The molecule has 17 heavy (non-hydrogen) atoms. The Kier molecular flexibility index (Phi) is 3.14. The van der Waals surface area contributed by atoms with E-state index in [-0.39, 0.29) is 5.41 Å². The lowest BCUT2D eigenvalue weighted by atomic mass is 9.68. The molecule has 0 aromatic heterocycles. The highest BCUT2D eigenvalue weighted by Crippen LogP contribution is 2.40. The Labute approximate surface area is 103 Å². The van der Waals surface area contributed by atoms with Crippen LogP contribution in [-0.4, -0.2) is 10.2 Å². The third-order valence-electron chi connectivity index (χ3n) is 4.02. The minimum atomic E-state index is 0.0743. The molecule has 2 heteroatoms. The van der Waals surface area contributed by atoms with Crippen molar-refractivity contribution in [1.29, 1.82) is 0 Å². The van der Waals surface area contributed by atoms with Gasteiger partial charge in [-0.1, -0.05) is 26.0 Å². The molecule has 2 nitrogen and oxygen atoms in total. The first-order valence-electron chi connectivity index (χ1n) is 6.17. The SMILES string of the molecule is CC(C)(c1ccc(O)cc1)[C@@H]1CC=C(O)CC1. The second-order valence-electron chi connectivity index (χ2n) is 5.44. The summed E-state index contributed by atoms with van der Waals surface area (Å²) in [6.07, 6.45) is 4.68. The average molecular weight is 232 g/mol. The van der Waals surface area contributed by atoms with Gasteiger partial charge in [0.2, 0.25) is 0 Å². The zero-order valence-electron chi connectivity index (χ0n) is 10.5. The van der Waals surface area contributed by atoms with E-state index in [9.17, 15) is 10.2 Å². The molecule has 2 rings (SSSR count). The number of aliphatic hydroxyl groups excluding tert-OH is 1. The van der Waals surface area contributed by atoms with Crippen molar-refractivity contribution in [2.75, 3.05) is 0 Å². The van der Waals surface area contributed by atoms with E-state index in [2.05, 4.69) is 13.8 Å². The number of benzene rings is 1. The van der Waals surface area contributed by atoms with Gasteiger partial charge in [-0.05, 0) is 47.9 Å². The third-order valence-corrected chi connectivity index (χ3v) is 4.02. The van der Waals surface area contributed by atoms with Crippen LogP contribution >= 0.6 is 0 Å². The molecule has 1 aromatic rings. The standard InChI is InChI=1S/C15H20O2/c1-15(2,11-3-7-13(16)8-4-11)12-5-9-14(17)10-6-12/h3-4,7-9,12,16-17H,5-6,10H2,1-2H3/t12-/m1/s1. The van der Waals surface area contributed by atoms with Gasteiger partial charge < -0.3 is 10.2 Å². The highest BCUT2D eigenvalue weighted by Gasteiger charge is 2.32. The minimum absolute atomic E-state index is 0.0743. The summed E-state index contributed by atoms with van der Waals surface area (Å²) < 4.78 is 0. The minimum Gasteiger partial charge on any atom is -0.513 e. The first-order valence-corrected chi connectivity index (χ1v) is 6.17. The van der Waals surface area contributed by atoms with E-state index < -0.39 is 0 Å². The fourth-order valence-electron chi connectivity index (χ4n) is 2.60. The summed E-state index contributed by atoms with van der Waals surface area (Å²) in [5.41, 5.74) is 1.32. The lowest BCUT2D eigenvalue weighted by Gasteiger charge is -2.36. The smallest absolute Gasteiger partial charge is 0.115 e. The molecule has 0 bridgehead atoms. The monoisotopic (exact) mass is 232 g/mol. The van der Waals surface area contributed by atoms with Gasteiger partial charge in [-0.3, -0.25) is 0 Å². The highest BCUT2D eigenvalue weighted by atomic mass is 16.3. The molecule has 0 saturated heterocycles. The zero-order chi connectivity index (χ0) is 12.5. The average Bonchev–Trinajstić information content (AvgIpc) is 2.30. The largest absolute Gasteiger partial charge is 0.513 e. The lowest BCUT2D eigenvalue weighted by molar-refractivity contribution is 0.258. The van der Waals surface area contributed by atoms with Gasteiger partial charge in [0.25, 0.3) is 0 Å². The number of hydrogen-bond acceptors (Lipinski definition) is 2. The van der Waals surface area contributed by atoms with Crippen molar-refractivity contribution in [1.82, 2.24) is 0 Å². The van der Waals surface area contributed by atoms with E-state index >= 15 is 0 Å². The van der Waals surface area contributed by atoms with Gasteiger partial charge in [0, 0.05) is 6.42 Å². The second kappa shape index (κ2) is 4.44. The predicted molar refractivity (Wildman–Crippen MR) is 69.2 cm³/mol. The summed E-state index contributed by atoms with van der Waals surface area (Å²) in [7, 11) is 0. The summed E-state index contributed by atoms with van der Waals surface area (Å²) in [6.45, 7) is 4.47. The number of hydrogen-bond donors (Lipinski definition) is 2. The third kappa shape index (κ3) is 2.46.